The Morgan fingerprint density at radius 3 is 2.89 bits per heavy atom. The Labute approximate surface area is 115 Å². The van der Waals surface area contributed by atoms with Crippen molar-refractivity contribution in [3.8, 4) is 5.69 Å². The number of carbonyl (C=O) groups is 1. The van der Waals surface area contributed by atoms with E-state index >= 15 is 0 Å². The molecule has 0 unspecified atom stereocenters. The number of thiophene rings is 1. The largest absolute Gasteiger partial charge is 0.391 e. The minimum Gasteiger partial charge on any atom is -0.391 e. The van der Waals surface area contributed by atoms with Crippen molar-refractivity contribution in [2.24, 2.45) is 0 Å². The predicted octanol–water partition coefficient (Wildman–Crippen LogP) is 2.14. The molecule has 0 aromatic carbocycles. The zero-order chi connectivity index (χ0) is 13.2. The van der Waals surface area contributed by atoms with Crippen LogP contribution in [0.1, 0.15) is 22.5 Å². The molecule has 2 aromatic rings. The first-order valence-corrected chi connectivity index (χ1v) is 7.32. The van der Waals surface area contributed by atoms with E-state index in [-0.39, 0.29) is 12.0 Å². The second-order valence-electron chi connectivity index (χ2n) is 4.77. The lowest BCUT2D eigenvalue weighted by Gasteiger charge is -2.30. The molecule has 0 aliphatic carbocycles. The lowest BCUT2D eigenvalue weighted by atomic mass is 10.1. The zero-order valence-electron chi connectivity index (χ0n) is 10.5. The Morgan fingerprint density at radius 2 is 2.16 bits per heavy atom. The number of likely N-dealkylation sites (tertiary alicyclic amines) is 1. The van der Waals surface area contributed by atoms with Gasteiger partial charge in [-0.25, -0.2) is 0 Å². The highest BCUT2D eigenvalue weighted by atomic mass is 32.1. The predicted molar refractivity (Wildman–Crippen MR) is 74.8 cm³/mol. The molecule has 0 radical (unpaired) electrons. The second kappa shape index (κ2) is 5.19. The van der Waals surface area contributed by atoms with Crippen LogP contribution in [0.2, 0.25) is 0 Å². The maximum absolute atomic E-state index is 12.5. The van der Waals surface area contributed by atoms with Crippen LogP contribution in [-0.4, -0.2) is 39.7 Å². The smallest absolute Gasteiger partial charge is 0.266 e. The van der Waals surface area contributed by atoms with Crippen molar-refractivity contribution < 1.29 is 9.90 Å². The van der Waals surface area contributed by atoms with E-state index in [2.05, 4.69) is 0 Å². The van der Waals surface area contributed by atoms with Crippen LogP contribution in [0.25, 0.3) is 5.69 Å². The summed E-state index contributed by atoms with van der Waals surface area (Å²) in [6.07, 6.45) is 5.15. The van der Waals surface area contributed by atoms with E-state index in [1.165, 1.54) is 11.3 Å². The standard InChI is InChI=1S/C14H16N2O2S/c17-11-4-3-8-16(10-11)14(18)13-12(5-9-19-13)15-6-1-2-7-15/h1-2,5-7,9,11,17H,3-4,8,10H2/t11-/m0/s1. The Hall–Kier alpha value is -1.59. The van der Waals surface area contributed by atoms with Crippen LogP contribution in [0.5, 0.6) is 0 Å². The van der Waals surface area contributed by atoms with Gasteiger partial charge in [0.15, 0.2) is 0 Å². The summed E-state index contributed by atoms with van der Waals surface area (Å²) in [6.45, 7) is 1.18. The highest BCUT2D eigenvalue weighted by molar-refractivity contribution is 7.12. The fourth-order valence-corrected chi connectivity index (χ4v) is 3.30. The normalized spacial score (nSPS) is 19.6. The van der Waals surface area contributed by atoms with Crippen molar-refractivity contribution in [1.82, 2.24) is 9.47 Å². The van der Waals surface area contributed by atoms with E-state index in [0.717, 1.165) is 30.0 Å². The molecule has 3 rings (SSSR count). The number of β-amino-alcohol motifs (C(OH)–C–C–N with tert-alkyl or cyclic N) is 1. The number of aromatic nitrogens is 1. The number of hydrogen-bond acceptors (Lipinski definition) is 3. The molecular formula is C14H16N2O2S. The van der Waals surface area contributed by atoms with E-state index in [1.807, 2.05) is 40.5 Å². The molecule has 1 N–H and O–H groups in total. The van der Waals surface area contributed by atoms with Crippen molar-refractivity contribution in [1.29, 1.82) is 0 Å². The van der Waals surface area contributed by atoms with Crippen molar-refractivity contribution in [3.63, 3.8) is 0 Å². The third-order valence-corrected chi connectivity index (χ3v) is 4.30. The van der Waals surface area contributed by atoms with Crippen LogP contribution in [0.4, 0.5) is 0 Å². The fraction of sp³-hybridized carbons (Fsp3) is 0.357. The van der Waals surface area contributed by atoms with Gasteiger partial charge in [0, 0.05) is 25.5 Å². The number of piperidine rings is 1. The van der Waals surface area contributed by atoms with Gasteiger partial charge in [-0.3, -0.25) is 4.79 Å². The first-order valence-electron chi connectivity index (χ1n) is 6.44. The molecule has 5 heteroatoms. The number of hydrogen-bond donors (Lipinski definition) is 1. The maximum Gasteiger partial charge on any atom is 0.266 e. The Kier molecular flexibility index (Phi) is 3.40. The molecule has 2 aromatic heterocycles. The molecule has 19 heavy (non-hydrogen) atoms. The molecule has 0 spiro atoms. The fourth-order valence-electron chi connectivity index (χ4n) is 2.44. The van der Waals surface area contributed by atoms with Crippen LogP contribution < -0.4 is 0 Å². The number of rotatable bonds is 2. The van der Waals surface area contributed by atoms with Gasteiger partial charge < -0.3 is 14.6 Å². The van der Waals surface area contributed by atoms with Gasteiger partial charge in [0.05, 0.1) is 11.8 Å². The second-order valence-corrected chi connectivity index (χ2v) is 5.69. The van der Waals surface area contributed by atoms with Crippen LogP contribution >= 0.6 is 11.3 Å². The number of nitrogens with zero attached hydrogens (tertiary/aromatic N) is 2. The third kappa shape index (κ3) is 2.43. The summed E-state index contributed by atoms with van der Waals surface area (Å²) >= 11 is 1.46. The summed E-state index contributed by atoms with van der Waals surface area (Å²) in [5.74, 6) is 0.0254. The Morgan fingerprint density at radius 1 is 1.37 bits per heavy atom. The van der Waals surface area contributed by atoms with Gasteiger partial charge in [-0.2, -0.15) is 0 Å². The zero-order valence-corrected chi connectivity index (χ0v) is 11.3. The van der Waals surface area contributed by atoms with Crippen LogP contribution in [-0.2, 0) is 0 Å². The van der Waals surface area contributed by atoms with E-state index in [1.54, 1.807) is 4.90 Å². The van der Waals surface area contributed by atoms with Crippen LogP contribution in [0.3, 0.4) is 0 Å². The first kappa shape index (κ1) is 12.4. The molecule has 0 bridgehead atoms. The minimum absolute atomic E-state index is 0.0254. The molecule has 3 heterocycles. The number of carbonyl (C=O) groups excluding carboxylic acids is 1. The molecule has 1 amide bonds. The first-order chi connectivity index (χ1) is 9.25. The quantitative estimate of drug-likeness (QED) is 0.913. The van der Waals surface area contributed by atoms with Gasteiger partial charge in [-0.1, -0.05) is 0 Å². The molecule has 0 saturated carbocycles. The molecule has 1 saturated heterocycles. The molecule has 4 nitrogen and oxygen atoms in total. The van der Waals surface area contributed by atoms with E-state index < -0.39 is 0 Å². The maximum atomic E-state index is 12.5. The van der Waals surface area contributed by atoms with Crippen molar-refractivity contribution >= 4 is 17.2 Å². The highest BCUT2D eigenvalue weighted by Crippen LogP contribution is 2.24. The van der Waals surface area contributed by atoms with Gasteiger partial charge in [-0.05, 0) is 36.4 Å². The number of amides is 1. The summed E-state index contributed by atoms with van der Waals surface area (Å²) in [5, 5.41) is 11.6. The highest BCUT2D eigenvalue weighted by Gasteiger charge is 2.25. The lowest BCUT2D eigenvalue weighted by molar-refractivity contribution is 0.0478. The van der Waals surface area contributed by atoms with Gasteiger partial charge in [-0.15, -0.1) is 11.3 Å². The molecule has 1 aliphatic heterocycles. The molecule has 1 atom stereocenters. The molecular weight excluding hydrogens is 260 g/mol. The number of aliphatic hydroxyl groups is 1. The van der Waals surface area contributed by atoms with Gasteiger partial charge in [0.2, 0.25) is 0 Å². The van der Waals surface area contributed by atoms with Gasteiger partial charge in [0.1, 0.15) is 4.88 Å². The number of aliphatic hydroxyl groups excluding tert-OH is 1. The van der Waals surface area contributed by atoms with Crippen LogP contribution in [0, 0.1) is 0 Å². The summed E-state index contributed by atoms with van der Waals surface area (Å²) in [5.41, 5.74) is 0.917. The van der Waals surface area contributed by atoms with E-state index in [4.69, 9.17) is 0 Å². The average molecular weight is 276 g/mol. The molecule has 100 valence electrons. The van der Waals surface area contributed by atoms with Gasteiger partial charge in [0.25, 0.3) is 5.91 Å². The summed E-state index contributed by atoms with van der Waals surface area (Å²) < 4.78 is 1.95. The SMILES string of the molecule is O=C(c1sccc1-n1cccc1)N1CCC[C@H](O)C1. The van der Waals surface area contributed by atoms with Crippen molar-refractivity contribution in [2.45, 2.75) is 18.9 Å². The summed E-state index contributed by atoms with van der Waals surface area (Å²) in [6, 6.07) is 5.84. The monoisotopic (exact) mass is 276 g/mol. The lowest BCUT2D eigenvalue weighted by Crippen LogP contribution is -2.42. The van der Waals surface area contributed by atoms with Crippen molar-refractivity contribution in [2.75, 3.05) is 13.1 Å². The third-order valence-electron chi connectivity index (χ3n) is 3.41. The molecule has 1 fully saturated rings. The summed E-state index contributed by atoms with van der Waals surface area (Å²) in [4.78, 5) is 15.0. The van der Waals surface area contributed by atoms with E-state index in [0.29, 0.717) is 6.54 Å². The van der Waals surface area contributed by atoms with Gasteiger partial charge >= 0.3 is 0 Å². The summed E-state index contributed by atoms with van der Waals surface area (Å²) in [7, 11) is 0. The van der Waals surface area contributed by atoms with Crippen LogP contribution in [0.15, 0.2) is 36.0 Å². The molecule has 1 aliphatic rings. The topological polar surface area (TPSA) is 45.5 Å². The Bertz CT molecular complexity index is 562. The average Bonchev–Trinajstić information content (AvgIpc) is 3.08. The van der Waals surface area contributed by atoms with Crippen molar-refractivity contribution in [3.05, 3.63) is 40.8 Å². The Balaban J connectivity index is 1.86. The minimum atomic E-state index is -0.382. The van der Waals surface area contributed by atoms with E-state index in [9.17, 15) is 9.90 Å².